The molecule has 2 aromatic rings. The van der Waals surface area contributed by atoms with E-state index in [1.165, 1.54) is 12.3 Å². The van der Waals surface area contributed by atoms with Gasteiger partial charge in [0.2, 0.25) is 10.0 Å². The van der Waals surface area contributed by atoms with E-state index in [9.17, 15) is 8.42 Å². The van der Waals surface area contributed by atoms with E-state index in [0.29, 0.717) is 11.3 Å². The fraction of sp³-hybridized carbons (Fsp3) is 0.100. The molecule has 2 N–H and O–H groups in total. The van der Waals surface area contributed by atoms with Crippen molar-refractivity contribution in [3.8, 4) is 11.3 Å². The molecule has 1 heterocycles. The van der Waals surface area contributed by atoms with Crippen molar-refractivity contribution in [1.82, 2.24) is 5.16 Å². The van der Waals surface area contributed by atoms with Gasteiger partial charge in [-0.1, -0.05) is 17.3 Å². The van der Waals surface area contributed by atoms with Crippen molar-refractivity contribution < 1.29 is 12.9 Å². The Morgan fingerprint density at radius 1 is 1.31 bits per heavy atom. The summed E-state index contributed by atoms with van der Waals surface area (Å²) in [5.74, 6) is 0. The maximum absolute atomic E-state index is 11.4. The van der Waals surface area contributed by atoms with Gasteiger partial charge >= 0.3 is 0 Å². The van der Waals surface area contributed by atoms with Crippen LogP contribution < -0.4 is 5.14 Å². The highest BCUT2D eigenvalue weighted by Crippen LogP contribution is 2.25. The van der Waals surface area contributed by atoms with Gasteiger partial charge in [-0.2, -0.15) is 0 Å². The third-order valence-corrected chi connectivity index (χ3v) is 3.11. The van der Waals surface area contributed by atoms with Gasteiger partial charge in [0, 0.05) is 11.6 Å². The van der Waals surface area contributed by atoms with E-state index in [-0.39, 0.29) is 4.90 Å². The van der Waals surface area contributed by atoms with Crippen LogP contribution in [0, 0.1) is 6.92 Å². The lowest BCUT2D eigenvalue weighted by atomic mass is 10.1. The van der Waals surface area contributed by atoms with Crippen LogP contribution in [-0.2, 0) is 10.0 Å². The van der Waals surface area contributed by atoms with Crippen LogP contribution in [0.2, 0.25) is 0 Å². The van der Waals surface area contributed by atoms with Crippen molar-refractivity contribution in [2.75, 3.05) is 0 Å². The highest BCUT2D eigenvalue weighted by atomic mass is 32.2. The minimum Gasteiger partial charge on any atom is -0.364 e. The van der Waals surface area contributed by atoms with Gasteiger partial charge in [-0.3, -0.25) is 0 Å². The second-order valence-electron chi connectivity index (χ2n) is 3.43. The number of primary sulfonamides is 1. The molecule has 0 saturated heterocycles. The first-order valence-corrected chi connectivity index (χ1v) is 6.07. The minimum atomic E-state index is -3.76. The Kier molecular flexibility index (Phi) is 2.53. The van der Waals surface area contributed by atoms with Crippen molar-refractivity contribution in [3.05, 3.63) is 36.1 Å². The molecule has 0 aliphatic carbocycles. The van der Waals surface area contributed by atoms with Crippen LogP contribution in [0.25, 0.3) is 11.3 Å². The molecular formula is C10H10N2O3S. The fourth-order valence-electron chi connectivity index (χ4n) is 1.43. The normalized spacial score (nSPS) is 11.6. The van der Waals surface area contributed by atoms with Gasteiger partial charge in [-0.15, -0.1) is 0 Å². The third kappa shape index (κ3) is 1.98. The van der Waals surface area contributed by atoms with E-state index in [1.54, 1.807) is 25.1 Å². The highest BCUT2D eigenvalue weighted by Gasteiger charge is 2.16. The molecule has 0 radical (unpaired) electrons. The lowest BCUT2D eigenvalue weighted by Crippen LogP contribution is -2.13. The standard InChI is InChI=1S/C10H10N2O3S/c1-7-2-3-8(9-4-5-15-12-9)10(6-7)16(11,13)14/h2-6H,1H3,(H2,11,13,14). The monoisotopic (exact) mass is 238 g/mol. The van der Waals surface area contributed by atoms with E-state index in [4.69, 9.17) is 5.14 Å². The Labute approximate surface area is 92.9 Å². The number of sulfonamides is 1. The second-order valence-corrected chi connectivity index (χ2v) is 4.96. The molecule has 6 heteroatoms. The third-order valence-electron chi connectivity index (χ3n) is 2.16. The zero-order valence-electron chi connectivity index (χ0n) is 8.54. The number of rotatable bonds is 2. The lowest BCUT2D eigenvalue weighted by Gasteiger charge is -2.05. The Balaban J connectivity index is 2.72. The molecule has 0 bridgehead atoms. The van der Waals surface area contributed by atoms with Crippen molar-refractivity contribution >= 4 is 10.0 Å². The van der Waals surface area contributed by atoms with Gasteiger partial charge in [0.15, 0.2) is 0 Å². The van der Waals surface area contributed by atoms with Crippen LogP contribution in [0.3, 0.4) is 0 Å². The molecule has 0 spiro atoms. The van der Waals surface area contributed by atoms with Gasteiger partial charge in [0.25, 0.3) is 0 Å². The number of nitrogens with zero attached hydrogens (tertiary/aromatic N) is 1. The molecule has 1 aromatic carbocycles. The van der Waals surface area contributed by atoms with E-state index < -0.39 is 10.0 Å². The summed E-state index contributed by atoms with van der Waals surface area (Å²) in [6.07, 6.45) is 1.38. The fourth-order valence-corrected chi connectivity index (χ4v) is 2.26. The molecule has 84 valence electrons. The predicted molar refractivity (Wildman–Crippen MR) is 58.0 cm³/mol. The average molecular weight is 238 g/mol. The Morgan fingerprint density at radius 2 is 2.06 bits per heavy atom. The van der Waals surface area contributed by atoms with Crippen LogP contribution in [-0.4, -0.2) is 13.6 Å². The Bertz CT molecular complexity index is 603. The first kappa shape index (κ1) is 10.8. The molecule has 0 unspecified atom stereocenters. The number of hydrogen-bond acceptors (Lipinski definition) is 4. The van der Waals surface area contributed by atoms with Crippen LogP contribution in [0.1, 0.15) is 5.56 Å². The average Bonchev–Trinajstić information content (AvgIpc) is 2.69. The largest absolute Gasteiger partial charge is 0.364 e. The summed E-state index contributed by atoms with van der Waals surface area (Å²) in [5, 5.41) is 8.84. The molecule has 0 aliphatic heterocycles. The van der Waals surface area contributed by atoms with E-state index in [2.05, 4.69) is 9.68 Å². The van der Waals surface area contributed by atoms with Gasteiger partial charge in [0.1, 0.15) is 12.0 Å². The van der Waals surface area contributed by atoms with Crippen LogP contribution in [0.15, 0.2) is 39.9 Å². The van der Waals surface area contributed by atoms with E-state index in [1.807, 2.05) is 0 Å². The van der Waals surface area contributed by atoms with Crippen LogP contribution in [0.5, 0.6) is 0 Å². The predicted octanol–water partition coefficient (Wildman–Crippen LogP) is 1.30. The molecule has 1 aromatic heterocycles. The number of hydrogen-bond donors (Lipinski definition) is 1. The second kappa shape index (κ2) is 3.73. The summed E-state index contributed by atoms with van der Waals surface area (Å²) < 4.78 is 27.5. The number of aryl methyl sites for hydroxylation is 1. The van der Waals surface area contributed by atoms with Crippen molar-refractivity contribution in [2.45, 2.75) is 11.8 Å². The van der Waals surface area contributed by atoms with Gasteiger partial charge in [-0.25, -0.2) is 13.6 Å². The van der Waals surface area contributed by atoms with Crippen molar-refractivity contribution in [3.63, 3.8) is 0 Å². The summed E-state index contributed by atoms with van der Waals surface area (Å²) in [4.78, 5) is 0.0569. The van der Waals surface area contributed by atoms with E-state index >= 15 is 0 Å². The van der Waals surface area contributed by atoms with Gasteiger partial charge in [-0.05, 0) is 18.6 Å². The smallest absolute Gasteiger partial charge is 0.238 e. The summed E-state index contributed by atoms with van der Waals surface area (Å²) >= 11 is 0. The molecule has 0 amide bonds. The minimum absolute atomic E-state index is 0.0569. The molecule has 0 atom stereocenters. The summed E-state index contributed by atoms with van der Waals surface area (Å²) in [6.45, 7) is 1.79. The maximum atomic E-state index is 11.4. The Morgan fingerprint density at radius 3 is 2.62 bits per heavy atom. The topological polar surface area (TPSA) is 86.2 Å². The maximum Gasteiger partial charge on any atom is 0.238 e. The zero-order chi connectivity index (χ0) is 11.8. The van der Waals surface area contributed by atoms with Crippen molar-refractivity contribution in [2.24, 2.45) is 5.14 Å². The molecule has 2 rings (SSSR count). The molecule has 5 nitrogen and oxygen atoms in total. The highest BCUT2D eigenvalue weighted by molar-refractivity contribution is 7.89. The first-order chi connectivity index (χ1) is 7.48. The number of nitrogens with two attached hydrogens (primary N) is 1. The first-order valence-electron chi connectivity index (χ1n) is 4.53. The summed E-state index contributed by atoms with van der Waals surface area (Å²) in [7, 11) is -3.76. The van der Waals surface area contributed by atoms with E-state index in [0.717, 1.165) is 5.56 Å². The van der Waals surface area contributed by atoms with Crippen LogP contribution >= 0.6 is 0 Å². The number of benzene rings is 1. The molecule has 0 fully saturated rings. The SMILES string of the molecule is Cc1ccc(-c2ccon2)c(S(N)(=O)=O)c1. The van der Waals surface area contributed by atoms with Gasteiger partial charge in [0.05, 0.1) is 4.90 Å². The van der Waals surface area contributed by atoms with Crippen molar-refractivity contribution in [1.29, 1.82) is 0 Å². The molecule has 0 aliphatic rings. The molecular weight excluding hydrogens is 228 g/mol. The molecule has 0 saturated carbocycles. The summed E-state index contributed by atoms with van der Waals surface area (Å²) in [5.41, 5.74) is 1.71. The number of aromatic nitrogens is 1. The zero-order valence-corrected chi connectivity index (χ0v) is 9.36. The summed E-state index contributed by atoms with van der Waals surface area (Å²) in [6, 6.07) is 6.55. The van der Waals surface area contributed by atoms with Gasteiger partial charge < -0.3 is 4.52 Å². The molecule has 16 heavy (non-hydrogen) atoms. The lowest BCUT2D eigenvalue weighted by molar-refractivity contribution is 0.422. The Hall–Kier alpha value is -1.66. The quantitative estimate of drug-likeness (QED) is 0.854. The van der Waals surface area contributed by atoms with Crippen LogP contribution in [0.4, 0.5) is 0 Å².